The second kappa shape index (κ2) is 17.3. The Balaban J connectivity index is 0.00000312. The van der Waals surface area contributed by atoms with E-state index in [1.165, 1.54) is 23.5 Å². The second-order valence-electron chi connectivity index (χ2n) is 11.5. The van der Waals surface area contributed by atoms with Gasteiger partial charge in [-0.1, -0.05) is 49.7 Å². The Labute approximate surface area is 310 Å². The summed E-state index contributed by atoms with van der Waals surface area (Å²) < 4.78 is 37.5. The second-order valence-corrected chi connectivity index (χ2v) is 15.0. The molecule has 1 radical (unpaired) electrons. The number of anilines is 1. The van der Waals surface area contributed by atoms with Crippen LogP contribution in [0.4, 0.5) is 5.69 Å². The minimum Gasteiger partial charge on any atom is -0.486 e. The number of ether oxygens (including phenoxy) is 2. The fourth-order valence-corrected chi connectivity index (χ4v) is 6.73. The first kappa shape index (κ1) is 39.1. The van der Waals surface area contributed by atoms with Crippen molar-refractivity contribution in [2.24, 2.45) is 0 Å². The van der Waals surface area contributed by atoms with E-state index in [1.54, 1.807) is 48.5 Å². The Bertz CT molecular complexity index is 1900. The number of halogens is 1. The molecule has 1 amide bonds. The van der Waals surface area contributed by atoms with Crippen molar-refractivity contribution >= 4 is 73.9 Å². The van der Waals surface area contributed by atoms with Gasteiger partial charge < -0.3 is 20.3 Å². The molecule has 16 heteroatoms. The zero-order chi connectivity index (χ0) is 32.7. The van der Waals surface area contributed by atoms with Crippen molar-refractivity contribution in [3.63, 3.8) is 0 Å². The number of hydrogen-bond donors (Lipinski definition) is 2. The number of aromatic amines is 1. The first-order valence-corrected chi connectivity index (χ1v) is 17.3. The van der Waals surface area contributed by atoms with Crippen LogP contribution < -0.4 is 14.8 Å². The Morgan fingerprint density at radius 2 is 1.79 bits per heavy atom. The third-order valence-electron chi connectivity index (χ3n) is 6.87. The van der Waals surface area contributed by atoms with E-state index in [2.05, 4.69) is 51.7 Å². The number of H-pyrrole nitrogens is 1. The monoisotopic (exact) mass is 721 g/mol. The Morgan fingerprint density at radius 3 is 2.48 bits per heavy atom. The van der Waals surface area contributed by atoms with Crippen molar-refractivity contribution in [3.8, 4) is 11.5 Å². The van der Waals surface area contributed by atoms with Crippen LogP contribution in [0.25, 0.3) is 0 Å². The van der Waals surface area contributed by atoms with Gasteiger partial charge in [0.25, 0.3) is 5.91 Å². The molecule has 48 heavy (non-hydrogen) atoms. The zero-order valence-corrected chi connectivity index (χ0v) is 31.4. The SMILES string of the molecule is CC(C)(C)c1csc(COc2cccc(C(=O)Nc3cc(CCCS(=O)(=O)c4ccc(Cl)cc4)ccc3OCc3nn[nH]n3)c2)n1.O.[Na]. The molecule has 0 atom stereocenters. The van der Waals surface area contributed by atoms with Crippen LogP contribution in [-0.4, -0.2) is 80.7 Å². The van der Waals surface area contributed by atoms with Gasteiger partial charge in [0.1, 0.15) is 23.1 Å². The van der Waals surface area contributed by atoms with Crippen molar-refractivity contribution in [2.45, 2.75) is 57.1 Å². The van der Waals surface area contributed by atoms with Gasteiger partial charge in [0.05, 0.1) is 22.0 Å². The number of carbonyl (C=O) groups is 1. The molecule has 5 aromatic rings. The number of thiazole rings is 1. The van der Waals surface area contributed by atoms with Crippen LogP contribution in [0.2, 0.25) is 5.02 Å². The minimum absolute atomic E-state index is 0. The smallest absolute Gasteiger partial charge is 0.255 e. The molecule has 0 aliphatic carbocycles. The number of aromatic nitrogens is 5. The summed E-state index contributed by atoms with van der Waals surface area (Å²) >= 11 is 7.44. The van der Waals surface area contributed by atoms with Crippen LogP contribution in [0.5, 0.6) is 11.5 Å². The molecule has 249 valence electrons. The van der Waals surface area contributed by atoms with Crippen molar-refractivity contribution in [1.82, 2.24) is 25.6 Å². The molecule has 0 aliphatic heterocycles. The normalized spacial score (nSPS) is 11.2. The van der Waals surface area contributed by atoms with Gasteiger partial charge in [-0.05, 0) is 73.0 Å². The summed E-state index contributed by atoms with van der Waals surface area (Å²) in [5.41, 5.74) is 2.58. The largest absolute Gasteiger partial charge is 0.486 e. The summed E-state index contributed by atoms with van der Waals surface area (Å²) in [6.07, 6.45) is 0.828. The van der Waals surface area contributed by atoms with Crippen LogP contribution in [-0.2, 0) is 34.9 Å². The van der Waals surface area contributed by atoms with Gasteiger partial charge in [-0.25, -0.2) is 13.4 Å². The Hall–Kier alpha value is -3.37. The topological polar surface area (TPSA) is 181 Å². The van der Waals surface area contributed by atoms with E-state index in [0.717, 1.165) is 16.3 Å². The number of nitrogens with zero attached hydrogens (tertiary/aromatic N) is 4. The molecule has 3 aromatic carbocycles. The molecule has 0 saturated carbocycles. The summed E-state index contributed by atoms with van der Waals surface area (Å²) in [7, 11) is -3.48. The van der Waals surface area contributed by atoms with Gasteiger partial charge in [-0.3, -0.25) is 4.79 Å². The average molecular weight is 722 g/mol. The molecule has 4 N–H and O–H groups in total. The van der Waals surface area contributed by atoms with Gasteiger partial charge in [-0.15, -0.1) is 21.5 Å². The predicted molar refractivity (Wildman–Crippen MR) is 186 cm³/mol. The van der Waals surface area contributed by atoms with Gasteiger partial charge in [0.2, 0.25) is 5.82 Å². The van der Waals surface area contributed by atoms with Crippen molar-refractivity contribution < 1.29 is 28.2 Å². The summed E-state index contributed by atoms with van der Waals surface area (Å²) in [6.45, 7) is 6.64. The number of tetrazole rings is 1. The summed E-state index contributed by atoms with van der Waals surface area (Å²) in [5, 5.41) is 20.0. The number of rotatable bonds is 13. The molecule has 0 fully saturated rings. The van der Waals surface area contributed by atoms with E-state index in [0.29, 0.717) is 46.4 Å². The number of nitrogens with one attached hydrogen (secondary N) is 2. The number of carbonyl (C=O) groups excluding carboxylic acids is 1. The van der Waals surface area contributed by atoms with E-state index in [4.69, 9.17) is 21.1 Å². The van der Waals surface area contributed by atoms with E-state index in [1.807, 2.05) is 11.4 Å². The summed E-state index contributed by atoms with van der Waals surface area (Å²) in [6, 6.07) is 18.3. The maximum absolute atomic E-state index is 13.4. The zero-order valence-electron chi connectivity index (χ0n) is 27.0. The molecule has 0 saturated heterocycles. The molecule has 0 bridgehead atoms. The third kappa shape index (κ3) is 10.8. The van der Waals surface area contributed by atoms with Crippen molar-refractivity contribution in [1.29, 1.82) is 0 Å². The van der Waals surface area contributed by atoms with Crippen LogP contribution in [0.3, 0.4) is 0 Å². The van der Waals surface area contributed by atoms with Gasteiger partial charge >= 0.3 is 0 Å². The molecule has 2 aromatic heterocycles. The molecule has 12 nitrogen and oxygen atoms in total. The molecule has 2 heterocycles. The molecule has 0 spiro atoms. The van der Waals surface area contributed by atoms with Crippen LogP contribution in [0.1, 0.15) is 59.6 Å². The van der Waals surface area contributed by atoms with Crippen LogP contribution in [0.15, 0.2) is 77.0 Å². The Morgan fingerprint density at radius 1 is 1.02 bits per heavy atom. The molecule has 0 aliphatic rings. The predicted octanol–water partition coefficient (Wildman–Crippen LogP) is 5.22. The van der Waals surface area contributed by atoms with E-state index in [-0.39, 0.29) is 70.2 Å². The maximum atomic E-state index is 13.4. The van der Waals surface area contributed by atoms with Gasteiger partial charge in [0.15, 0.2) is 16.4 Å². The van der Waals surface area contributed by atoms with E-state index in [9.17, 15) is 13.2 Å². The number of aryl methyl sites for hydroxylation is 1. The Kier molecular flexibility index (Phi) is 14.1. The first-order valence-electron chi connectivity index (χ1n) is 14.4. The van der Waals surface area contributed by atoms with Gasteiger partial charge in [0, 0.05) is 50.9 Å². The number of benzene rings is 3. The fraction of sp³-hybridized carbons (Fsp3) is 0.281. The number of hydrogen-bond acceptors (Lipinski definition) is 10. The van der Waals surface area contributed by atoms with Gasteiger partial charge in [-0.2, -0.15) is 5.21 Å². The third-order valence-corrected chi connectivity index (χ3v) is 9.76. The molecule has 5 rings (SSSR count). The van der Waals surface area contributed by atoms with Crippen LogP contribution >= 0.6 is 22.9 Å². The van der Waals surface area contributed by atoms with Crippen molar-refractivity contribution in [3.05, 3.63) is 105 Å². The number of sulfone groups is 1. The summed E-state index contributed by atoms with van der Waals surface area (Å²) in [4.78, 5) is 18.3. The van der Waals surface area contributed by atoms with E-state index < -0.39 is 9.84 Å². The standard InChI is InChI=1S/C32H33ClN6O5S2.Na.H2O/c1-32(2,3)28-20-45-30(35-28)19-43-24-8-4-7-22(17-24)31(40)34-26-16-21(9-14-27(26)44-18-29-36-38-39-37-29)6-5-15-46(41,42)25-12-10-23(33)11-13-25;;/h4,7-14,16-17,20H,5-6,15,18-19H2,1-3H3,(H,34,40)(H,36,37,38,39);;1H2. The fourth-order valence-electron chi connectivity index (χ4n) is 4.36. The molecular weight excluding hydrogens is 687 g/mol. The van der Waals surface area contributed by atoms with Crippen molar-refractivity contribution in [2.75, 3.05) is 11.1 Å². The maximum Gasteiger partial charge on any atom is 0.255 e. The molecular formula is C32H35ClN6NaO6S2. The summed E-state index contributed by atoms with van der Waals surface area (Å²) in [5.74, 6) is 0.846. The number of amides is 1. The minimum atomic E-state index is -3.48. The van der Waals surface area contributed by atoms with Crippen LogP contribution in [0, 0.1) is 0 Å². The molecule has 0 unspecified atom stereocenters. The quantitative estimate of drug-likeness (QED) is 0.154. The first-order chi connectivity index (χ1) is 22.0. The van der Waals surface area contributed by atoms with E-state index >= 15 is 0 Å². The average Bonchev–Trinajstić information content (AvgIpc) is 3.73.